The molecule has 34 heavy (non-hydrogen) atoms. The fourth-order valence-electron chi connectivity index (χ4n) is 3.49. The number of nitrogens with zero attached hydrogens (tertiary/aromatic N) is 2. The summed E-state index contributed by atoms with van der Waals surface area (Å²) in [7, 11) is 0. The maximum Gasteiger partial charge on any atom is 0.281 e. The Hall–Kier alpha value is -2.43. The van der Waals surface area contributed by atoms with E-state index in [1.165, 1.54) is 17.8 Å². The molecule has 2 amide bonds. The van der Waals surface area contributed by atoms with E-state index in [-0.39, 0.29) is 11.7 Å². The summed E-state index contributed by atoms with van der Waals surface area (Å²) in [5.41, 5.74) is 7.05. The summed E-state index contributed by atoms with van der Waals surface area (Å²) in [6.45, 7) is 3.36. The van der Waals surface area contributed by atoms with Crippen molar-refractivity contribution in [2.75, 3.05) is 13.1 Å². The van der Waals surface area contributed by atoms with E-state index in [9.17, 15) is 14.7 Å². The molecule has 7 nitrogen and oxygen atoms in total. The van der Waals surface area contributed by atoms with Gasteiger partial charge in [0.05, 0.1) is 36.0 Å². The molecule has 0 radical (unpaired) electrons. The number of thiophene rings is 2. The Morgan fingerprint density at radius 2 is 1.74 bits per heavy atom. The Labute approximate surface area is 215 Å². The van der Waals surface area contributed by atoms with Gasteiger partial charge in [0.25, 0.3) is 11.8 Å². The Morgan fingerprint density at radius 1 is 1.03 bits per heavy atom. The number of hydrogen-bond donors (Lipinski definition) is 3. The van der Waals surface area contributed by atoms with Gasteiger partial charge in [-0.05, 0) is 49.6 Å². The van der Waals surface area contributed by atoms with E-state index >= 15 is 0 Å². The third-order valence-electron chi connectivity index (χ3n) is 5.33. The van der Waals surface area contributed by atoms with E-state index in [0.717, 1.165) is 42.8 Å². The van der Waals surface area contributed by atoms with Crippen LogP contribution in [0, 0.1) is 0 Å². The molecule has 1 saturated heterocycles. The number of carbonyl (C=O) groups excluding carboxylic acids is 2. The predicted octanol–water partition coefficient (Wildman–Crippen LogP) is 5.77. The summed E-state index contributed by atoms with van der Waals surface area (Å²) in [6.07, 6.45) is 3.30. The number of hydrogen-bond acceptors (Lipinski definition) is 7. The SMILES string of the molecule is C/C(=N\NC(=O)c1ccc(C(=O)NN2CCCCC2)s1)c1csc(-c2ccc(Cl)c(Cl)c2)c1O. The van der Waals surface area contributed by atoms with Crippen LogP contribution in [0.4, 0.5) is 0 Å². The van der Waals surface area contributed by atoms with Crippen LogP contribution in [0.1, 0.15) is 51.1 Å². The first-order valence-corrected chi connectivity index (χ1v) is 13.1. The van der Waals surface area contributed by atoms with Crippen molar-refractivity contribution < 1.29 is 14.7 Å². The lowest BCUT2D eigenvalue weighted by molar-refractivity contribution is 0.0754. The van der Waals surface area contributed by atoms with E-state index < -0.39 is 5.91 Å². The molecule has 1 aromatic carbocycles. The van der Waals surface area contributed by atoms with Gasteiger partial charge in [0.2, 0.25) is 0 Å². The van der Waals surface area contributed by atoms with Gasteiger partial charge in [0.1, 0.15) is 5.75 Å². The van der Waals surface area contributed by atoms with Crippen molar-refractivity contribution in [1.82, 2.24) is 15.9 Å². The predicted molar refractivity (Wildman–Crippen MR) is 138 cm³/mol. The second-order valence-electron chi connectivity index (χ2n) is 7.75. The molecule has 1 aliphatic heterocycles. The van der Waals surface area contributed by atoms with Gasteiger partial charge in [0, 0.05) is 18.5 Å². The molecule has 0 atom stereocenters. The topological polar surface area (TPSA) is 94.0 Å². The minimum atomic E-state index is -0.430. The quantitative estimate of drug-likeness (QED) is 0.275. The maximum atomic E-state index is 12.6. The average molecular weight is 537 g/mol. The van der Waals surface area contributed by atoms with Crippen molar-refractivity contribution in [3.8, 4) is 16.2 Å². The van der Waals surface area contributed by atoms with Crippen molar-refractivity contribution in [2.45, 2.75) is 26.2 Å². The molecule has 0 unspecified atom stereocenters. The summed E-state index contributed by atoms with van der Waals surface area (Å²) in [6, 6.07) is 8.35. The molecule has 178 valence electrons. The summed E-state index contributed by atoms with van der Waals surface area (Å²) >= 11 is 14.5. The zero-order chi connectivity index (χ0) is 24.2. The standard InChI is InChI=1S/C23H22Cl2N4O3S2/c1-13(15-12-33-21(20(15)30)14-5-6-16(24)17(25)11-14)26-27-22(31)18-7-8-19(34-18)23(32)28-29-9-3-2-4-10-29/h5-8,11-12,30H,2-4,9-10H2,1H3,(H,27,31)(H,28,32)/b26-13+. The molecule has 1 fully saturated rings. The van der Waals surface area contributed by atoms with Crippen LogP contribution < -0.4 is 10.9 Å². The van der Waals surface area contributed by atoms with E-state index in [0.29, 0.717) is 36.0 Å². The van der Waals surface area contributed by atoms with Crippen LogP contribution in [-0.2, 0) is 0 Å². The van der Waals surface area contributed by atoms with Crippen molar-refractivity contribution >= 4 is 63.4 Å². The van der Waals surface area contributed by atoms with Crippen LogP contribution in [-0.4, -0.2) is 40.7 Å². The van der Waals surface area contributed by atoms with Gasteiger partial charge in [0.15, 0.2) is 0 Å². The zero-order valence-corrected chi connectivity index (χ0v) is 21.4. The highest BCUT2D eigenvalue weighted by Crippen LogP contribution is 2.40. The molecule has 0 saturated carbocycles. The van der Waals surface area contributed by atoms with Crippen LogP contribution in [0.2, 0.25) is 10.0 Å². The van der Waals surface area contributed by atoms with Crippen molar-refractivity contribution in [3.05, 3.63) is 61.1 Å². The number of nitrogens with one attached hydrogen (secondary N) is 2. The summed E-state index contributed by atoms with van der Waals surface area (Å²) < 4.78 is 0. The molecule has 3 aromatic rings. The Kier molecular flexibility index (Phi) is 7.90. The number of carbonyl (C=O) groups is 2. The number of halogens is 2. The van der Waals surface area contributed by atoms with Crippen LogP contribution in [0.5, 0.6) is 5.75 Å². The number of benzene rings is 1. The smallest absolute Gasteiger partial charge is 0.281 e. The Bertz CT molecular complexity index is 1250. The minimum absolute atomic E-state index is 0.0479. The van der Waals surface area contributed by atoms with Gasteiger partial charge >= 0.3 is 0 Å². The first-order valence-electron chi connectivity index (χ1n) is 10.6. The summed E-state index contributed by atoms with van der Waals surface area (Å²) in [4.78, 5) is 26.4. The van der Waals surface area contributed by atoms with Crippen LogP contribution in [0.3, 0.4) is 0 Å². The van der Waals surface area contributed by atoms with Gasteiger partial charge in [-0.25, -0.2) is 10.4 Å². The number of hydrazine groups is 1. The molecule has 3 N–H and O–H groups in total. The van der Waals surface area contributed by atoms with E-state index in [2.05, 4.69) is 16.0 Å². The minimum Gasteiger partial charge on any atom is -0.506 e. The van der Waals surface area contributed by atoms with Crippen molar-refractivity contribution in [1.29, 1.82) is 0 Å². The van der Waals surface area contributed by atoms with E-state index in [4.69, 9.17) is 23.2 Å². The first kappa shape index (κ1) is 24.7. The molecule has 11 heteroatoms. The van der Waals surface area contributed by atoms with E-state index in [1.54, 1.807) is 42.6 Å². The van der Waals surface area contributed by atoms with Crippen molar-refractivity contribution in [2.24, 2.45) is 5.10 Å². The third kappa shape index (κ3) is 5.61. The zero-order valence-electron chi connectivity index (χ0n) is 18.2. The normalized spacial score (nSPS) is 14.7. The molecule has 3 heterocycles. The lowest BCUT2D eigenvalue weighted by atomic mass is 10.1. The molecule has 1 aliphatic rings. The van der Waals surface area contributed by atoms with Gasteiger partial charge in [-0.2, -0.15) is 5.10 Å². The van der Waals surface area contributed by atoms with Crippen LogP contribution in [0.15, 0.2) is 40.8 Å². The summed E-state index contributed by atoms with van der Waals surface area (Å²) in [5.74, 6) is -0.601. The highest BCUT2D eigenvalue weighted by molar-refractivity contribution is 7.16. The maximum absolute atomic E-state index is 12.6. The monoisotopic (exact) mass is 536 g/mol. The van der Waals surface area contributed by atoms with Crippen LogP contribution >= 0.6 is 45.9 Å². The van der Waals surface area contributed by atoms with Gasteiger partial charge in [-0.1, -0.05) is 35.7 Å². The fraction of sp³-hybridized carbons (Fsp3) is 0.261. The Balaban J connectivity index is 1.41. The highest BCUT2D eigenvalue weighted by Gasteiger charge is 2.19. The average Bonchev–Trinajstić information content (AvgIpc) is 3.47. The van der Waals surface area contributed by atoms with Crippen LogP contribution in [0.25, 0.3) is 10.4 Å². The number of rotatable bonds is 6. The second-order valence-corrected chi connectivity index (χ2v) is 10.5. The number of aromatic hydroxyl groups is 1. The number of hydrazone groups is 1. The molecular weight excluding hydrogens is 515 g/mol. The lowest BCUT2D eigenvalue weighted by Crippen LogP contribution is -2.44. The molecular formula is C23H22Cl2N4O3S2. The summed E-state index contributed by atoms with van der Waals surface area (Å²) in [5, 5.41) is 19.3. The van der Waals surface area contributed by atoms with Gasteiger partial charge < -0.3 is 5.11 Å². The van der Waals surface area contributed by atoms with Gasteiger partial charge in [-0.3, -0.25) is 15.0 Å². The molecule has 0 spiro atoms. The van der Waals surface area contributed by atoms with Crippen molar-refractivity contribution in [3.63, 3.8) is 0 Å². The van der Waals surface area contributed by atoms with E-state index in [1.807, 2.05) is 5.01 Å². The first-order chi connectivity index (χ1) is 16.3. The highest BCUT2D eigenvalue weighted by atomic mass is 35.5. The largest absolute Gasteiger partial charge is 0.506 e. The molecule has 0 aliphatic carbocycles. The molecule has 4 rings (SSSR count). The Morgan fingerprint density at radius 3 is 2.44 bits per heavy atom. The second kappa shape index (κ2) is 10.9. The lowest BCUT2D eigenvalue weighted by Gasteiger charge is -2.26. The third-order valence-corrected chi connectivity index (χ3v) is 8.17. The molecule has 2 aromatic heterocycles. The fourth-order valence-corrected chi connectivity index (χ4v) is 5.57. The number of piperidine rings is 1. The molecule has 0 bridgehead atoms. The number of amides is 2. The van der Waals surface area contributed by atoms with Gasteiger partial charge in [-0.15, -0.1) is 22.7 Å².